The van der Waals surface area contributed by atoms with E-state index in [4.69, 9.17) is 5.73 Å². The molecule has 0 amide bonds. The Hall–Kier alpha value is -1.84. The van der Waals surface area contributed by atoms with Gasteiger partial charge in [0.1, 0.15) is 5.69 Å². The molecule has 0 aliphatic heterocycles. The number of nitrogen functional groups attached to an aromatic ring is 1. The van der Waals surface area contributed by atoms with Crippen LogP contribution in [-0.2, 0) is 5.41 Å². The number of nitrogens with two attached hydrogens (primary N) is 1. The van der Waals surface area contributed by atoms with E-state index in [9.17, 15) is 0 Å². The van der Waals surface area contributed by atoms with E-state index in [0.29, 0.717) is 5.82 Å². The van der Waals surface area contributed by atoms with E-state index < -0.39 is 0 Å². The maximum Gasteiger partial charge on any atom is 0.169 e. The van der Waals surface area contributed by atoms with Crippen LogP contribution in [0.3, 0.4) is 0 Å². The Morgan fingerprint density at radius 3 is 2.33 bits per heavy atom. The first-order valence-electron chi connectivity index (χ1n) is 4.84. The van der Waals surface area contributed by atoms with E-state index in [1.165, 1.54) is 5.56 Å². The number of nitrogens with one attached hydrogen (secondary N) is 1. The van der Waals surface area contributed by atoms with Gasteiger partial charge in [0.15, 0.2) is 5.82 Å². The van der Waals surface area contributed by atoms with E-state index in [0.717, 1.165) is 5.69 Å². The summed E-state index contributed by atoms with van der Waals surface area (Å²) in [6, 6.07) is 10.1. The highest BCUT2D eigenvalue weighted by Gasteiger charge is 2.28. The SMILES string of the molecule is CC(C)(c1ccccc1)c1n[nH]nc1N. The molecule has 2 aromatic rings. The summed E-state index contributed by atoms with van der Waals surface area (Å²) in [7, 11) is 0. The first kappa shape index (κ1) is 9.71. The molecule has 0 atom stereocenters. The highest BCUT2D eigenvalue weighted by Crippen LogP contribution is 2.31. The van der Waals surface area contributed by atoms with Crippen LogP contribution < -0.4 is 5.73 Å². The lowest BCUT2D eigenvalue weighted by atomic mass is 9.81. The second-order valence-corrected chi connectivity index (χ2v) is 4.05. The molecular formula is C11H14N4. The quantitative estimate of drug-likeness (QED) is 0.779. The van der Waals surface area contributed by atoms with Gasteiger partial charge in [-0.3, -0.25) is 0 Å². The van der Waals surface area contributed by atoms with Gasteiger partial charge in [0.2, 0.25) is 0 Å². The Labute approximate surface area is 88.5 Å². The summed E-state index contributed by atoms with van der Waals surface area (Å²) in [4.78, 5) is 0. The summed E-state index contributed by atoms with van der Waals surface area (Å²) in [6.45, 7) is 4.16. The van der Waals surface area contributed by atoms with Gasteiger partial charge in [-0.05, 0) is 19.4 Å². The lowest BCUT2D eigenvalue weighted by Crippen LogP contribution is -2.21. The fourth-order valence-electron chi connectivity index (χ4n) is 1.69. The van der Waals surface area contributed by atoms with Crippen LogP contribution in [0.1, 0.15) is 25.1 Å². The standard InChI is InChI=1S/C11H14N4/c1-11(2,8-6-4-3-5-7-8)9-10(12)14-15-13-9/h3-7H,1-2H3,(H3,12,13,14,15). The maximum absolute atomic E-state index is 5.76. The molecule has 0 aliphatic carbocycles. The highest BCUT2D eigenvalue weighted by atomic mass is 15.4. The Bertz CT molecular complexity index is 445. The zero-order valence-electron chi connectivity index (χ0n) is 8.86. The molecule has 0 unspecified atom stereocenters. The third kappa shape index (κ3) is 1.58. The average Bonchev–Trinajstić information content (AvgIpc) is 2.66. The predicted molar refractivity (Wildman–Crippen MR) is 59.4 cm³/mol. The van der Waals surface area contributed by atoms with Gasteiger partial charge in [0.05, 0.1) is 0 Å². The fraction of sp³-hybridized carbons (Fsp3) is 0.273. The van der Waals surface area contributed by atoms with Gasteiger partial charge in [-0.15, -0.1) is 5.10 Å². The molecule has 3 N–H and O–H groups in total. The number of aromatic amines is 1. The van der Waals surface area contributed by atoms with Crippen molar-refractivity contribution < 1.29 is 0 Å². The van der Waals surface area contributed by atoms with Gasteiger partial charge in [0.25, 0.3) is 0 Å². The lowest BCUT2D eigenvalue weighted by Gasteiger charge is -2.22. The summed E-state index contributed by atoms with van der Waals surface area (Å²) < 4.78 is 0. The third-order valence-electron chi connectivity index (χ3n) is 2.66. The monoisotopic (exact) mass is 202 g/mol. The van der Waals surface area contributed by atoms with Crippen molar-refractivity contribution in [1.82, 2.24) is 15.4 Å². The molecule has 15 heavy (non-hydrogen) atoms. The van der Waals surface area contributed by atoms with Crippen molar-refractivity contribution in [2.24, 2.45) is 0 Å². The predicted octanol–water partition coefficient (Wildman–Crippen LogP) is 1.71. The normalized spacial score (nSPS) is 11.6. The molecule has 1 aromatic carbocycles. The van der Waals surface area contributed by atoms with Crippen LogP contribution in [0.25, 0.3) is 0 Å². The number of hydrogen-bond donors (Lipinski definition) is 2. The minimum Gasteiger partial charge on any atom is -0.381 e. The average molecular weight is 202 g/mol. The van der Waals surface area contributed by atoms with Crippen molar-refractivity contribution in [2.75, 3.05) is 5.73 Å². The van der Waals surface area contributed by atoms with Crippen LogP contribution >= 0.6 is 0 Å². The first-order chi connectivity index (χ1) is 7.12. The Kier molecular flexibility index (Phi) is 2.19. The molecule has 4 heteroatoms. The van der Waals surface area contributed by atoms with Gasteiger partial charge in [-0.25, -0.2) is 0 Å². The highest BCUT2D eigenvalue weighted by molar-refractivity contribution is 5.44. The fourth-order valence-corrected chi connectivity index (χ4v) is 1.69. The minimum atomic E-state index is -0.224. The van der Waals surface area contributed by atoms with E-state index in [2.05, 4.69) is 41.4 Å². The zero-order valence-corrected chi connectivity index (χ0v) is 8.86. The van der Waals surface area contributed by atoms with Crippen molar-refractivity contribution in [3.8, 4) is 0 Å². The minimum absolute atomic E-state index is 0.224. The summed E-state index contributed by atoms with van der Waals surface area (Å²) in [5.74, 6) is 0.462. The van der Waals surface area contributed by atoms with Gasteiger partial charge in [-0.1, -0.05) is 30.3 Å². The van der Waals surface area contributed by atoms with Crippen LogP contribution in [0.5, 0.6) is 0 Å². The molecule has 4 nitrogen and oxygen atoms in total. The number of anilines is 1. The van der Waals surface area contributed by atoms with E-state index in [-0.39, 0.29) is 5.41 Å². The molecule has 2 rings (SSSR count). The Morgan fingerprint density at radius 1 is 1.13 bits per heavy atom. The summed E-state index contributed by atoms with van der Waals surface area (Å²) >= 11 is 0. The smallest absolute Gasteiger partial charge is 0.169 e. The summed E-state index contributed by atoms with van der Waals surface area (Å²) in [5.41, 5.74) is 7.49. The molecule has 0 saturated heterocycles. The molecule has 0 saturated carbocycles. The van der Waals surface area contributed by atoms with Crippen LogP contribution in [0.4, 0.5) is 5.82 Å². The Balaban J connectivity index is 2.48. The van der Waals surface area contributed by atoms with Crippen LogP contribution in [0, 0.1) is 0 Å². The van der Waals surface area contributed by atoms with Crippen LogP contribution in [0.2, 0.25) is 0 Å². The topological polar surface area (TPSA) is 67.6 Å². The van der Waals surface area contributed by atoms with Gasteiger partial charge in [0, 0.05) is 5.41 Å². The zero-order chi connectivity index (χ0) is 10.9. The number of rotatable bonds is 2. The molecule has 0 aliphatic rings. The number of benzene rings is 1. The second-order valence-electron chi connectivity index (χ2n) is 4.05. The molecule has 0 spiro atoms. The van der Waals surface area contributed by atoms with Gasteiger partial charge in [-0.2, -0.15) is 10.3 Å². The van der Waals surface area contributed by atoms with Crippen molar-refractivity contribution >= 4 is 5.82 Å². The molecule has 0 radical (unpaired) electrons. The van der Waals surface area contributed by atoms with Gasteiger partial charge < -0.3 is 5.73 Å². The van der Waals surface area contributed by atoms with Crippen LogP contribution in [0.15, 0.2) is 30.3 Å². The molecular weight excluding hydrogens is 188 g/mol. The molecule has 1 heterocycles. The number of hydrogen-bond acceptors (Lipinski definition) is 3. The number of H-pyrrole nitrogens is 1. The van der Waals surface area contributed by atoms with E-state index >= 15 is 0 Å². The lowest BCUT2D eigenvalue weighted by molar-refractivity contribution is 0.615. The third-order valence-corrected chi connectivity index (χ3v) is 2.66. The van der Waals surface area contributed by atoms with E-state index in [1.807, 2.05) is 18.2 Å². The largest absolute Gasteiger partial charge is 0.381 e. The van der Waals surface area contributed by atoms with Crippen LogP contribution in [-0.4, -0.2) is 15.4 Å². The number of aromatic nitrogens is 3. The molecule has 0 bridgehead atoms. The van der Waals surface area contributed by atoms with Crippen molar-refractivity contribution in [3.63, 3.8) is 0 Å². The molecule has 0 fully saturated rings. The van der Waals surface area contributed by atoms with E-state index in [1.54, 1.807) is 0 Å². The second kappa shape index (κ2) is 3.38. The molecule has 78 valence electrons. The maximum atomic E-state index is 5.76. The van der Waals surface area contributed by atoms with Gasteiger partial charge >= 0.3 is 0 Å². The van der Waals surface area contributed by atoms with Crippen molar-refractivity contribution in [2.45, 2.75) is 19.3 Å². The van der Waals surface area contributed by atoms with Crippen molar-refractivity contribution in [1.29, 1.82) is 0 Å². The number of nitrogens with zero attached hydrogens (tertiary/aromatic N) is 2. The first-order valence-corrected chi connectivity index (χ1v) is 4.84. The summed E-state index contributed by atoms with van der Waals surface area (Å²) in [5, 5.41) is 10.5. The Morgan fingerprint density at radius 2 is 1.80 bits per heavy atom. The van der Waals surface area contributed by atoms with Crippen molar-refractivity contribution in [3.05, 3.63) is 41.6 Å². The summed E-state index contributed by atoms with van der Waals surface area (Å²) in [6.07, 6.45) is 0. The molecule has 1 aromatic heterocycles.